The highest BCUT2D eigenvalue weighted by Crippen LogP contribution is 2.37. The average Bonchev–Trinajstić information content (AvgIpc) is 3.28. The van der Waals surface area contributed by atoms with E-state index in [1.165, 1.54) is 11.8 Å². The van der Waals surface area contributed by atoms with Crippen LogP contribution < -0.4 is 5.14 Å². The molecule has 0 fully saturated rings. The standard InChI is InChI=1S/C13H10N6O2S4/c1-22-13-16-12(24-19-13)18-17-9-8(7-5-3-2-4-6-7)15-10(23-9)11(20)21-25-14/h2-6H,14H2,1H3/b18-17+. The topological polar surface area (TPSA) is 116 Å². The van der Waals surface area contributed by atoms with E-state index >= 15 is 0 Å². The van der Waals surface area contributed by atoms with Gasteiger partial charge in [0.1, 0.15) is 17.9 Å². The SMILES string of the molecule is CSc1nsc(/N=N/c2sc(C(=O)OSN)nc2-c2ccccc2)n1. The van der Waals surface area contributed by atoms with Crippen molar-refractivity contribution in [3.63, 3.8) is 0 Å². The van der Waals surface area contributed by atoms with Crippen LogP contribution in [-0.4, -0.2) is 26.6 Å². The maximum Gasteiger partial charge on any atom is 0.380 e. The van der Waals surface area contributed by atoms with Crippen molar-refractivity contribution in [2.24, 2.45) is 15.4 Å². The van der Waals surface area contributed by atoms with Gasteiger partial charge >= 0.3 is 5.97 Å². The maximum atomic E-state index is 11.9. The van der Waals surface area contributed by atoms with E-state index < -0.39 is 5.97 Å². The molecule has 0 unspecified atom stereocenters. The van der Waals surface area contributed by atoms with E-state index in [9.17, 15) is 4.79 Å². The van der Waals surface area contributed by atoms with Gasteiger partial charge in [-0.25, -0.2) is 14.9 Å². The van der Waals surface area contributed by atoms with Gasteiger partial charge in [0.25, 0.3) is 0 Å². The number of hydrogen-bond acceptors (Lipinski definition) is 12. The summed E-state index contributed by atoms with van der Waals surface area (Å²) in [6.45, 7) is 0. The van der Waals surface area contributed by atoms with Crippen molar-refractivity contribution in [3.8, 4) is 11.3 Å². The van der Waals surface area contributed by atoms with Crippen molar-refractivity contribution in [1.29, 1.82) is 0 Å². The van der Waals surface area contributed by atoms with Gasteiger partial charge in [-0.2, -0.15) is 9.36 Å². The summed E-state index contributed by atoms with van der Waals surface area (Å²) in [7, 11) is 0. The molecule has 0 aliphatic heterocycles. The first-order chi connectivity index (χ1) is 12.2. The quantitative estimate of drug-likeness (QED) is 0.274. The van der Waals surface area contributed by atoms with Crippen LogP contribution >= 0.6 is 46.9 Å². The fourth-order valence-corrected chi connectivity index (χ4v) is 3.80. The highest BCUT2D eigenvalue weighted by atomic mass is 32.2. The molecule has 0 amide bonds. The molecule has 0 spiro atoms. The Labute approximate surface area is 159 Å². The lowest BCUT2D eigenvalue weighted by molar-refractivity contribution is 0.0768. The molecule has 25 heavy (non-hydrogen) atoms. The normalized spacial score (nSPS) is 11.1. The zero-order valence-corrected chi connectivity index (χ0v) is 15.9. The summed E-state index contributed by atoms with van der Waals surface area (Å²) in [5.74, 6) is -0.628. The third kappa shape index (κ3) is 4.41. The Kier molecular flexibility index (Phi) is 6.09. The van der Waals surface area contributed by atoms with Crippen molar-refractivity contribution < 1.29 is 8.98 Å². The number of carbonyl (C=O) groups is 1. The molecule has 2 N–H and O–H groups in total. The van der Waals surface area contributed by atoms with Crippen LogP contribution in [0.15, 0.2) is 45.7 Å². The minimum Gasteiger partial charge on any atom is -0.369 e. The summed E-state index contributed by atoms with van der Waals surface area (Å²) in [5.41, 5.74) is 1.35. The van der Waals surface area contributed by atoms with Crippen molar-refractivity contribution in [2.75, 3.05) is 6.26 Å². The van der Waals surface area contributed by atoms with Gasteiger partial charge in [-0.3, -0.25) is 0 Å². The summed E-state index contributed by atoms with van der Waals surface area (Å²) in [5, 5.41) is 15.1. The number of nitrogens with two attached hydrogens (primary N) is 1. The number of hydrogen-bond donors (Lipinski definition) is 1. The van der Waals surface area contributed by atoms with E-state index in [0.717, 1.165) is 28.4 Å². The maximum absolute atomic E-state index is 11.9. The molecular formula is C13H10N6O2S4. The lowest BCUT2D eigenvalue weighted by Gasteiger charge is -1.96. The lowest BCUT2D eigenvalue weighted by Crippen LogP contribution is -2.00. The molecule has 0 saturated heterocycles. The van der Waals surface area contributed by atoms with Crippen molar-refractivity contribution in [2.45, 2.75) is 5.16 Å². The highest BCUT2D eigenvalue weighted by Gasteiger charge is 2.19. The second kappa shape index (κ2) is 8.49. The molecule has 8 nitrogen and oxygen atoms in total. The number of benzene rings is 1. The first kappa shape index (κ1) is 17.9. The molecule has 0 bridgehead atoms. The molecule has 2 aromatic heterocycles. The van der Waals surface area contributed by atoms with Crippen molar-refractivity contribution in [3.05, 3.63) is 35.3 Å². The van der Waals surface area contributed by atoms with Crippen LogP contribution in [0.1, 0.15) is 9.80 Å². The van der Waals surface area contributed by atoms with Crippen LogP contribution in [0.4, 0.5) is 10.1 Å². The molecule has 0 aliphatic rings. The average molecular weight is 411 g/mol. The Morgan fingerprint density at radius 2 is 2.04 bits per heavy atom. The van der Waals surface area contributed by atoms with E-state index in [0.29, 0.717) is 33.2 Å². The molecule has 0 saturated carbocycles. The molecule has 3 aromatic rings. The number of nitrogens with zero attached hydrogens (tertiary/aromatic N) is 5. The van der Waals surface area contributed by atoms with Gasteiger partial charge in [0.05, 0.1) is 0 Å². The predicted octanol–water partition coefficient (Wildman–Crippen LogP) is 4.48. The summed E-state index contributed by atoms with van der Waals surface area (Å²) in [6.07, 6.45) is 1.88. The first-order valence-corrected chi connectivity index (χ1v) is 10.3. The molecule has 3 rings (SSSR count). The second-order valence-corrected chi connectivity index (χ2v) is 7.11. The van der Waals surface area contributed by atoms with Gasteiger partial charge in [-0.05, 0) is 6.26 Å². The van der Waals surface area contributed by atoms with Crippen LogP contribution in [0.5, 0.6) is 0 Å². The Hall–Kier alpha value is -1.86. The zero-order chi connectivity index (χ0) is 17.6. The molecular weight excluding hydrogens is 400 g/mol. The van der Waals surface area contributed by atoms with E-state index in [1.807, 2.05) is 36.6 Å². The summed E-state index contributed by atoms with van der Waals surface area (Å²) in [6, 6.07) is 9.38. The highest BCUT2D eigenvalue weighted by molar-refractivity contribution is 7.98. The number of thiazole rings is 1. The Bertz CT molecular complexity index is 895. The fraction of sp³-hybridized carbons (Fsp3) is 0.0769. The molecule has 12 heteroatoms. The third-order valence-corrected chi connectivity index (χ3v) is 5.19. The second-order valence-electron chi connectivity index (χ2n) is 4.27. The minimum atomic E-state index is -0.628. The van der Waals surface area contributed by atoms with Crippen LogP contribution in [0.25, 0.3) is 11.3 Å². The monoisotopic (exact) mass is 410 g/mol. The molecule has 1 aromatic carbocycles. The number of rotatable bonds is 6. The van der Waals surface area contributed by atoms with E-state index in [4.69, 9.17) is 9.32 Å². The number of azo groups is 1. The van der Waals surface area contributed by atoms with Gasteiger partial charge in [0, 0.05) is 17.1 Å². The van der Waals surface area contributed by atoms with Gasteiger partial charge in [-0.15, -0.1) is 10.2 Å². The number of aromatic nitrogens is 3. The van der Waals surface area contributed by atoms with Crippen molar-refractivity contribution in [1.82, 2.24) is 14.3 Å². The van der Waals surface area contributed by atoms with Crippen molar-refractivity contribution >= 4 is 63.0 Å². The van der Waals surface area contributed by atoms with E-state index in [1.54, 1.807) is 0 Å². The Morgan fingerprint density at radius 1 is 1.24 bits per heavy atom. The van der Waals surface area contributed by atoms with Crippen LogP contribution in [-0.2, 0) is 4.18 Å². The van der Waals surface area contributed by atoms with E-state index in [-0.39, 0.29) is 5.01 Å². The largest absolute Gasteiger partial charge is 0.380 e. The summed E-state index contributed by atoms with van der Waals surface area (Å²) < 4.78 is 8.84. The minimum absolute atomic E-state index is 0.146. The predicted molar refractivity (Wildman–Crippen MR) is 101 cm³/mol. The van der Waals surface area contributed by atoms with E-state index in [2.05, 4.69) is 24.6 Å². The molecule has 2 heterocycles. The Morgan fingerprint density at radius 3 is 2.72 bits per heavy atom. The first-order valence-electron chi connectivity index (χ1n) is 6.64. The smallest absolute Gasteiger partial charge is 0.369 e. The number of thioether (sulfide) groups is 1. The van der Waals surface area contributed by atoms with Crippen LogP contribution in [0.3, 0.4) is 0 Å². The van der Waals surface area contributed by atoms with Crippen LogP contribution in [0.2, 0.25) is 0 Å². The van der Waals surface area contributed by atoms with Gasteiger partial charge in [0.2, 0.25) is 15.3 Å². The molecule has 128 valence electrons. The van der Waals surface area contributed by atoms with Gasteiger partial charge in [0.15, 0.2) is 5.00 Å². The molecule has 0 atom stereocenters. The summed E-state index contributed by atoms with van der Waals surface area (Å²) >= 11 is 4.12. The fourth-order valence-electron chi connectivity index (χ4n) is 1.74. The lowest BCUT2D eigenvalue weighted by atomic mass is 10.2. The van der Waals surface area contributed by atoms with Crippen LogP contribution in [0, 0.1) is 0 Å². The zero-order valence-electron chi connectivity index (χ0n) is 12.6. The van der Waals surface area contributed by atoms with Gasteiger partial charge in [-0.1, -0.05) is 53.4 Å². The Balaban J connectivity index is 1.96. The number of carbonyl (C=O) groups excluding carboxylic acids is 1. The summed E-state index contributed by atoms with van der Waals surface area (Å²) in [4.78, 5) is 20.4. The third-order valence-electron chi connectivity index (χ3n) is 2.76. The molecule has 0 aliphatic carbocycles. The van der Waals surface area contributed by atoms with Gasteiger partial charge < -0.3 is 4.18 Å². The molecule has 0 radical (unpaired) electrons.